The molecule has 6 aromatic rings. The van der Waals surface area contributed by atoms with Crippen molar-refractivity contribution in [2.45, 2.75) is 26.4 Å². The third-order valence-electron chi connectivity index (χ3n) is 7.09. The zero-order valence-electron chi connectivity index (χ0n) is 26.0. The molecule has 0 aliphatic carbocycles. The van der Waals surface area contributed by atoms with Gasteiger partial charge in [-0.2, -0.15) is 10.0 Å². The number of nitrogens with zero attached hydrogens (tertiary/aromatic N) is 4. The predicted octanol–water partition coefficient (Wildman–Crippen LogP) is 7.62. The molecule has 0 saturated heterocycles. The molecule has 2 heterocycles. The van der Waals surface area contributed by atoms with E-state index in [1.54, 1.807) is 69.3 Å². The van der Waals surface area contributed by atoms with E-state index in [1.807, 2.05) is 60.7 Å². The van der Waals surface area contributed by atoms with Gasteiger partial charge >= 0.3 is 6.09 Å². The number of carbonyl (C=O) groups is 3. The molecule has 4 aromatic carbocycles. The minimum absolute atomic E-state index is 0.150. The van der Waals surface area contributed by atoms with Crippen molar-refractivity contribution < 1.29 is 19.1 Å². The third kappa shape index (κ3) is 6.86. The molecule has 0 bridgehead atoms. The van der Waals surface area contributed by atoms with E-state index in [1.165, 1.54) is 12.1 Å². The molecule has 0 unspecified atom stereocenters. The quantitative estimate of drug-likeness (QED) is 0.149. The maximum atomic E-state index is 14.4. The van der Waals surface area contributed by atoms with Gasteiger partial charge in [0.2, 0.25) is 0 Å². The first kappa shape index (κ1) is 30.7. The van der Waals surface area contributed by atoms with Crippen LogP contribution in [-0.2, 0) is 4.74 Å². The second-order valence-electron chi connectivity index (χ2n) is 11.8. The molecule has 3 amide bonds. The summed E-state index contributed by atoms with van der Waals surface area (Å²) in [4.78, 5) is 51.3. The molecular weight excluding hydrogens is 592 g/mol. The van der Waals surface area contributed by atoms with Crippen molar-refractivity contribution in [2.24, 2.45) is 0 Å². The lowest BCUT2D eigenvalue weighted by molar-refractivity contribution is 0.0566. The first-order chi connectivity index (χ1) is 22.6. The van der Waals surface area contributed by atoms with Crippen LogP contribution in [0.5, 0.6) is 0 Å². The topological polar surface area (TPSA) is 131 Å². The average Bonchev–Trinajstić information content (AvgIpc) is 3.05. The number of rotatable bonds is 5. The van der Waals surface area contributed by atoms with Crippen LogP contribution >= 0.6 is 0 Å². The lowest BCUT2D eigenvalue weighted by Gasteiger charge is -2.35. The summed E-state index contributed by atoms with van der Waals surface area (Å²) >= 11 is 0. The Labute approximate surface area is 271 Å². The van der Waals surface area contributed by atoms with Crippen molar-refractivity contribution in [1.82, 2.24) is 9.97 Å². The smallest absolute Gasteiger partial charge is 0.434 e. The van der Waals surface area contributed by atoms with Crippen LogP contribution in [0.2, 0.25) is 0 Å². The lowest BCUT2D eigenvalue weighted by atomic mass is 10.1. The summed E-state index contributed by atoms with van der Waals surface area (Å²) in [6.45, 7) is 5.17. The maximum Gasteiger partial charge on any atom is 0.434 e. The number of para-hydroxylation sites is 2. The number of nitrogens with one attached hydrogen (secondary N) is 1. The monoisotopic (exact) mass is 624 g/mol. The van der Waals surface area contributed by atoms with Crippen molar-refractivity contribution in [1.29, 1.82) is 0 Å². The molecule has 0 fully saturated rings. The number of nitrogens with two attached hydrogens (primary N) is 1. The SMILES string of the molecule is CC(C)(C)OC(=O)N(c1cccc(C(=O)Nc2ccc3ccccc3n2)c1)N(C(=O)c1cccc(N)c1)c1ccc2ccccc2n1. The number of ether oxygens (including phenoxy) is 1. The molecule has 0 radical (unpaired) electrons. The van der Waals surface area contributed by atoms with Gasteiger partial charge in [0.15, 0.2) is 5.82 Å². The molecular formula is C37H32N6O4. The number of hydrogen-bond donors (Lipinski definition) is 2. The van der Waals surface area contributed by atoms with Gasteiger partial charge in [-0.1, -0.05) is 48.5 Å². The van der Waals surface area contributed by atoms with Crippen molar-refractivity contribution in [3.8, 4) is 0 Å². The molecule has 0 atom stereocenters. The number of amides is 3. The van der Waals surface area contributed by atoms with Crippen LogP contribution in [0.15, 0.2) is 121 Å². The van der Waals surface area contributed by atoms with Crippen LogP contribution in [0.3, 0.4) is 0 Å². The Hall–Kier alpha value is -6.29. The van der Waals surface area contributed by atoms with Gasteiger partial charge in [0.05, 0.1) is 16.7 Å². The lowest BCUT2D eigenvalue weighted by Crippen LogP contribution is -2.52. The minimum Gasteiger partial charge on any atom is -0.442 e. The number of hydrazine groups is 1. The molecule has 0 spiro atoms. The number of carbonyl (C=O) groups excluding carboxylic acids is 3. The maximum absolute atomic E-state index is 14.4. The summed E-state index contributed by atoms with van der Waals surface area (Å²) in [6, 6.07) is 34.8. The highest BCUT2D eigenvalue weighted by molar-refractivity contribution is 6.13. The second kappa shape index (κ2) is 12.6. The number of nitrogen functional groups attached to an aromatic ring is 1. The van der Waals surface area contributed by atoms with Crippen LogP contribution in [0, 0.1) is 0 Å². The van der Waals surface area contributed by atoms with Crippen molar-refractivity contribution in [3.63, 3.8) is 0 Å². The van der Waals surface area contributed by atoms with Gasteiger partial charge < -0.3 is 15.8 Å². The van der Waals surface area contributed by atoms with Crippen LogP contribution in [-0.4, -0.2) is 33.5 Å². The Morgan fingerprint density at radius 2 is 1.32 bits per heavy atom. The summed E-state index contributed by atoms with van der Waals surface area (Å²) in [7, 11) is 0. The Bertz CT molecular complexity index is 2140. The van der Waals surface area contributed by atoms with Crippen molar-refractivity contribution >= 4 is 62.7 Å². The highest BCUT2D eigenvalue weighted by Crippen LogP contribution is 2.29. The van der Waals surface area contributed by atoms with E-state index in [0.29, 0.717) is 17.0 Å². The molecule has 10 heteroatoms. The normalized spacial score (nSPS) is 11.2. The number of anilines is 4. The average molecular weight is 625 g/mol. The van der Waals surface area contributed by atoms with Crippen LogP contribution < -0.4 is 21.1 Å². The number of aromatic nitrogens is 2. The van der Waals surface area contributed by atoms with Gasteiger partial charge in [-0.3, -0.25) is 9.59 Å². The minimum atomic E-state index is -0.922. The Morgan fingerprint density at radius 3 is 2.02 bits per heavy atom. The summed E-state index contributed by atoms with van der Waals surface area (Å²) < 4.78 is 5.82. The fraction of sp³-hybridized carbons (Fsp3) is 0.108. The summed E-state index contributed by atoms with van der Waals surface area (Å²) in [5.41, 5.74) is 7.44. The van der Waals surface area contributed by atoms with E-state index >= 15 is 0 Å². The Balaban J connectivity index is 1.45. The van der Waals surface area contributed by atoms with E-state index in [9.17, 15) is 14.4 Å². The molecule has 0 saturated carbocycles. The van der Waals surface area contributed by atoms with Gasteiger partial charge in [0.1, 0.15) is 11.4 Å². The third-order valence-corrected chi connectivity index (χ3v) is 7.09. The molecule has 234 valence electrons. The number of benzene rings is 4. The van der Waals surface area contributed by atoms with Gasteiger partial charge in [0.25, 0.3) is 11.8 Å². The zero-order valence-corrected chi connectivity index (χ0v) is 26.0. The summed E-state index contributed by atoms with van der Waals surface area (Å²) in [5.74, 6) is -0.545. The molecule has 0 aliphatic rings. The van der Waals surface area contributed by atoms with Gasteiger partial charge in [-0.05, 0) is 93.6 Å². The highest BCUT2D eigenvalue weighted by Gasteiger charge is 2.35. The number of pyridine rings is 2. The molecule has 2 aromatic heterocycles. The largest absolute Gasteiger partial charge is 0.442 e. The van der Waals surface area contributed by atoms with E-state index in [2.05, 4.69) is 10.3 Å². The van der Waals surface area contributed by atoms with Crippen LogP contribution in [0.4, 0.5) is 27.8 Å². The first-order valence-corrected chi connectivity index (χ1v) is 14.9. The van der Waals surface area contributed by atoms with E-state index in [4.69, 9.17) is 15.5 Å². The standard InChI is InChI=1S/C37H32N6O4/c1-37(2,3)47-36(46)42(29-15-9-12-26(23-29)34(44)41-32-20-18-24-10-4-6-16-30(24)39-32)43(35(45)27-13-8-14-28(38)22-27)33-21-19-25-11-5-7-17-31(25)40-33/h4-23H,38H2,1-3H3,(H,39,41,44). The van der Waals surface area contributed by atoms with Crippen LogP contribution in [0.1, 0.15) is 41.5 Å². The number of fused-ring (bicyclic) bond motifs is 2. The molecule has 3 N–H and O–H groups in total. The molecule has 10 nitrogen and oxygen atoms in total. The number of hydrogen-bond acceptors (Lipinski definition) is 7. The van der Waals surface area contributed by atoms with E-state index in [0.717, 1.165) is 26.3 Å². The van der Waals surface area contributed by atoms with Gasteiger partial charge in [-0.15, -0.1) is 0 Å². The Morgan fingerprint density at radius 1 is 0.681 bits per heavy atom. The van der Waals surface area contributed by atoms with E-state index in [-0.39, 0.29) is 22.6 Å². The fourth-order valence-corrected chi connectivity index (χ4v) is 4.98. The van der Waals surface area contributed by atoms with Crippen LogP contribution in [0.25, 0.3) is 21.8 Å². The van der Waals surface area contributed by atoms with E-state index < -0.39 is 23.5 Å². The van der Waals surface area contributed by atoms with Crippen molar-refractivity contribution in [3.05, 3.63) is 132 Å². The molecule has 0 aliphatic heterocycles. The van der Waals surface area contributed by atoms with Gasteiger partial charge in [-0.25, -0.2) is 14.8 Å². The second-order valence-corrected chi connectivity index (χ2v) is 11.8. The fourth-order valence-electron chi connectivity index (χ4n) is 4.98. The molecule has 6 rings (SSSR count). The summed E-state index contributed by atoms with van der Waals surface area (Å²) in [6.07, 6.45) is -0.863. The zero-order chi connectivity index (χ0) is 33.1. The van der Waals surface area contributed by atoms with Gasteiger partial charge in [0, 0.05) is 27.6 Å². The first-order valence-electron chi connectivity index (χ1n) is 14.9. The highest BCUT2D eigenvalue weighted by atomic mass is 16.6. The summed E-state index contributed by atoms with van der Waals surface area (Å²) in [5, 5.41) is 6.83. The predicted molar refractivity (Wildman–Crippen MR) is 184 cm³/mol. The van der Waals surface area contributed by atoms with Crippen molar-refractivity contribution in [2.75, 3.05) is 21.1 Å². The Kier molecular flexibility index (Phi) is 8.24. The molecule has 47 heavy (non-hydrogen) atoms.